The van der Waals surface area contributed by atoms with Crippen molar-refractivity contribution < 1.29 is 30.6 Å². The number of rotatable bonds is 0. The van der Waals surface area contributed by atoms with Crippen LogP contribution < -0.4 is 0 Å². The molecular weight excluding hydrogens is 204 g/mol. The summed E-state index contributed by atoms with van der Waals surface area (Å²) in [5.74, 6) is 0. The van der Waals surface area contributed by atoms with Crippen molar-refractivity contribution in [1.82, 2.24) is 0 Å². The molecule has 2 aliphatic rings. The maximum Gasteiger partial charge on any atom is 0.133 e. The first-order valence-electron chi connectivity index (χ1n) is 4.81. The average molecular weight is 220 g/mol. The molecule has 0 aromatic carbocycles. The minimum atomic E-state index is -1.99. The van der Waals surface area contributed by atoms with Crippen LogP contribution in [0.2, 0.25) is 0 Å². The predicted molar refractivity (Wildman–Crippen MR) is 47.7 cm³/mol. The lowest BCUT2D eigenvalue weighted by Crippen LogP contribution is -2.63. The summed E-state index contributed by atoms with van der Waals surface area (Å²) < 4.78 is 0. The van der Waals surface area contributed by atoms with Gasteiger partial charge < -0.3 is 30.6 Å². The molecule has 88 valence electrons. The Hall–Kier alpha value is -0.240. The monoisotopic (exact) mass is 220 g/mol. The van der Waals surface area contributed by atoms with Crippen LogP contribution in [0.1, 0.15) is 13.8 Å². The van der Waals surface area contributed by atoms with Crippen molar-refractivity contribution in [3.63, 3.8) is 0 Å². The van der Waals surface area contributed by atoms with Gasteiger partial charge in [0.2, 0.25) is 0 Å². The number of hydrogen-bond donors (Lipinski definition) is 6. The molecule has 0 heterocycles. The van der Waals surface area contributed by atoms with Crippen molar-refractivity contribution in [3.8, 4) is 0 Å². The van der Waals surface area contributed by atoms with E-state index in [2.05, 4.69) is 0 Å². The number of hydrogen-bond acceptors (Lipinski definition) is 6. The van der Waals surface area contributed by atoms with Gasteiger partial charge in [0.15, 0.2) is 0 Å². The molecule has 0 saturated heterocycles. The third-order valence-corrected chi connectivity index (χ3v) is 4.28. The fraction of sp³-hybridized carbons (Fsp3) is 1.00. The Labute approximate surface area is 86.4 Å². The van der Waals surface area contributed by atoms with E-state index >= 15 is 0 Å². The van der Waals surface area contributed by atoms with Crippen LogP contribution in [-0.2, 0) is 0 Å². The summed E-state index contributed by atoms with van der Waals surface area (Å²) in [7, 11) is 0. The lowest BCUT2D eigenvalue weighted by molar-refractivity contribution is -0.223. The van der Waals surface area contributed by atoms with E-state index in [0.29, 0.717) is 0 Å². The average Bonchev–Trinajstić information content (AvgIpc) is 2.54. The van der Waals surface area contributed by atoms with E-state index in [0.717, 1.165) is 0 Å². The zero-order chi connectivity index (χ0) is 11.8. The smallest absolute Gasteiger partial charge is 0.133 e. The number of aliphatic hydroxyl groups excluding tert-OH is 4. The standard InChI is InChI=1S/C9H16O6/c1-7(2)8(14)5(12)3(10)4(11)6(13)9(7,8)15/h3-6,10-15H,1-2H3/t3-,4-,5+,6+,8-,9+/m0/s1. The van der Waals surface area contributed by atoms with Crippen molar-refractivity contribution in [3.05, 3.63) is 0 Å². The van der Waals surface area contributed by atoms with E-state index in [-0.39, 0.29) is 0 Å². The molecule has 0 aromatic heterocycles. The zero-order valence-electron chi connectivity index (χ0n) is 8.49. The first-order valence-corrected chi connectivity index (χ1v) is 4.81. The van der Waals surface area contributed by atoms with Crippen molar-refractivity contribution in [2.24, 2.45) is 5.41 Å². The Balaban J connectivity index is 2.48. The Morgan fingerprint density at radius 2 is 1.00 bits per heavy atom. The molecule has 0 radical (unpaired) electrons. The molecule has 0 aromatic rings. The molecule has 0 unspecified atom stereocenters. The van der Waals surface area contributed by atoms with Gasteiger partial charge in [-0.1, -0.05) is 13.8 Å². The molecule has 2 fully saturated rings. The lowest BCUT2D eigenvalue weighted by atomic mass is 9.85. The van der Waals surface area contributed by atoms with Gasteiger partial charge in [-0.05, 0) is 0 Å². The second-order valence-electron chi connectivity index (χ2n) is 5.03. The predicted octanol–water partition coefficient (Wildman–Crippen LogP) is -3.05. The van der Waals surface area contributed by atoms with Gasteiger partial charge in [-0.2, -0.15) is 0 Å². The Kier molecular flexibility index (Phi) is 1.90. The minimum Gasteiger partial charge on any atom is -0.387 e. The molecule has 15 heavy (non-hydrogen) atoms. The molecular formula is C9H16O6. The first-order chi connectivity index (χ1) is 6.64. The van der Waals surface area contributed by atoms with Gasteiger partial charge in [-0.3, -0.25) is 0 Å². The topological polar surface area (TPSA) is 121 Å². The van der Waals surface area contributed by atoms with Crippen molar-refractivity contribution in [2.45, 2.75) is 49.5 Å². The van der Waals surface area contributed by atoms with Gasteiger partial charge in [-0.25, -0.2) is 0 Å². The van der Waals surface area contributed by atoms with Gasteiger partial charge in [0, 0.05) is 5.41 Å². The Bertz CT molecular complexity index is 277. The third-order valence-electron chi connectivity index (χ3n) is 4.28. The quantitative estimate of drug-likeness (QED) is 0.258. The van der Waals surface area contributed by atoms with Crippen LogP contribution >= 0.6 is 0 Å². The van der Waals surface area contributed by atoms with E-state index < -0.39 is 41.0 Å². The van der Waals surface area contributed by atoms with Crippen LogP contribution in [0.15, 0.2) is 0 Å². The summed E-state index contributed by atoms with van der Waals surface area (Å²) in [4.78, 5) is 0. The highest BCUT2D eigenvalue weighted by atomic mass is 16.5. The van der Waals surface area contributed by atoms with Crippen LogP contribution in [0.4, 0.5) is 0 Å². The number of fused-ring (bicyclic) bond motifs is 1. The molecule has 2 saturated carbocycles. The highest BCUT2D eigenvalue weighted by molar-refractivity contribution is 5.40. The Morgan fingerprint density at radius 1 is 0.733 bits per heavy atom. The molecule has 0 aliphatic heterocycles. The first kappa shape index (κ1) is 11.3. The van der Waals surface area contributed by atoms with Gasteiger partial charge in [0.05, 0.1) is 0 Å². The van der Waals surface area contributed by atoms with Crippen LogP contribution in [0, 0.1) is 5.41 Å². The van der Waals surface area contributed by atoms with Crippen LogP contribution in [0.3, 0.4) is 0 Å². The van der Waals surface area contributed by atoms with Gasteiger partial charge >= 0.3 is 0 Å². The minimum absolute atomic E-state index is 1.18. The fourth-order valence-electron chi connectivity index (χ4n) is 2.95. The summed E-state index contributed by atoms with van der Waals surface area (Å²) in [6, 6.07) is 0. The molecule has 0 spiro atoms. The van der Waals surface area contributed by atoms with E-state index in [1.54, 1.807) is 0 Å². The maximum absolute atomic E-state index is 10.0. The van der Waals surface area contributed by atoms with E-state index in [1.807, 2.05) is 0 Å². The van der Waals surface area contributed by atoms with Crippen LogP contribution in [0.25, 0.3) is 0 Å². The summed E-state index contributed by atoms with van der Waals surface area (Å²) in [5, 5.41) is 58.1. The van der Waals surface area contributed by atoms with E-state index in [9.17, 15) is 30.6 Å². The largest absolute Gasteiger partial charge is 0.387 e. The molecule has 0 amide bonds. The second-order valence-corrected chi connectivity index (χ2v) is 5.03. The molecule has 6 atom stereocenters. The summed E-state index contributed by atoms with van der Waals surface area (Å²) in [6.45, 7) is 2.90. The highest BCUT2D eigenvalue weighted by Crippen LogP contribution is 2.70. The van der Waals surface area contributed by atoms with Crippen LogP contribution in [0.5, 0.6) is 0 Å². The third kappa shape index (κ3) is 0.800. The molecule has 0 bridgehead atoms. The van der Waals surface area contributed by atoms with Gasteiger partial charge in [-0.15, -0.1) is 0 Å². The molecule has 6 N–H and O–H groups in total. The normalized spacial score (nSPS) is 62.4. The highest BCUT2D eigenvalue weighted by Gasteiger charge is 2.91. The SMILES string of the molecule is CC1(C)[C@]2(O)[C@H](O)[C@@H](O)[C@H](O)[C@@H](O)[C@]12O. The lowest BCUT2D eigenvalue weighted by Gasteiger charge is -2.38. The second kappa shape index (κ2) is 2.53. The molecule has 6 heteroatoms. The van der Waals surface area contributed by atoms with Crippen LogP contribution in [-0.4, -0.2) is 66.3 Å². The fourth-order valence-corrected chi connectivity index (χ4v) is 2.95. The van der Waals surface area contributed by atoms with E-state index in [1.165, 1.54) is 13.8 Å². The van der Waals surface area contributed by atoms with Crippen molar-refractivity contribution in [2.75, 3.05) is 0 Å². The zero-order valence-corrected chi connectivity index (χ0v) is 8.49. The van der Waals surface area contributed by atoms with Crippen molar-refractivity contribution >= 4 is 0 Å². The molecule has 2 aliphatic carbocycles. The van der Waals surface area contributed by atoms with Gasteiger partial charge in [0.1, 0.15) is 35.6 Å². The molecule has 2 rings (SSSR count). The summed E-state index contributed by atoms with van der Waals surface area (Å²) in [5.41, 5.74) is -5.16. The summed E-state index contributed by atoms with van der Waals surface area (Å²) >= 11 is 0. The number of aliphatic hydroxyl groups is 6. The maximum atomic E-state index is 10.0. The van der Waals surface area contributed by atoms with E-state index in [4.69, 9.17) is 0 Å². The van der Waals surface area contributed by atoms with Crippen molar-refractivity contribution in [1.29, 1.82) is 0 Å². The molecule has 6 nitrogen and oxygen atoms in total. The van der Waals surface area contributed by atoms with Gasteiger partial charge in [0.25, 0.3) is 0 Å². The Morgan fingerprint density at radius 3 is 1.27 bits per heavy atom. The summed E-state index contributed by atoms with van der Waals surface area (Å²) in [6.07, 6.45) is -6.72.